The van der Waals surface area contributed by atoms with Gasteiger partial charge >= 0.3 is 0 Å². The zero-order valence-electron chi connectivity index (χ0n) is 9.41. The Kier molecular flexibility index (Phi) is 21.7. The van der Waals surface area contributed by atoms with E-state index < -0.39 is 0 Å². The molecule has 0 saturated heterocycles. The van der Waals surface area contributed by atoms with Crippen LogP contribution < -0.4 is 0 Å². The molecule has 0 saturated carbocycles. The summed E-state index contributed by atoms with van der Waals surface area (Å²) in [5, 5.41) is 24.0. The van der Waals surface area contributed by atoms with Crippen LogP contribution >= 0.6 is 0 Å². The maximum absolute atomic E-state index is 8.51. The van der Waals surface area contributed by atoms with Crippen LogP contribution in [0.5, 0.6) is 0 Å². The molecule has 3 nitrogen and oxygen atoms in total. The summed E-state index contributed by atoms with van der Waals surface area (Å²) < 4.78 is 0. The molecule has 88 valence electrons. The summed E-state index contributed by atoms with van der Waals surface area (Å²) in [4.78, 5) is 0. The van der Waals surface area contributed by atoms with Crippen LogP contribution in [0.3, 0.4) is 0 Å². The van der Waals surface area contributed by atoms with Crippen LogP contribution in [0.4, 0.5) is 0 Å². The van der Waals surface area contributed by atoms with E-state index in [-0.39, 0.29) is 0 Å². The van der Waals surface area contributed by atoms with E-state index in [1.807, 2.05) is 0 Å². The molecule has 0 aromatic heterocycles. The Balaban J connectivity index is 0. The second-order valence-electron chi connectivity index (χ2n) is 3.28. The third kappa shape index (κ3) is 17.8. The van der Waals surface area contributed by atoms with Gasteiger partial charge in [-0.2, -0.15) is 0 Å². The van der Waals surface area contributed by atoms with E-state index in [1.165, 1.54) is 25.7 Å². The van der Waals surface area contributed by atoms with Crippen molar-refractivity contribution in [1.29, 1.82) is 0 Å². The number of unbranched alkanes of at least 4 members (excludes halogenated alkanes) is 7. The van der Waals surface area contributed by atoms with Crippen molar-refractivity contribution >= 4 is 0 Å². The standard InChI is InChI=1S/C10H22O2.CH4O/c11-9-7-5-3-1-2-4-6-8-10-12;1-2/h11-12H,1-10H2;2H,1H3. The Labute approximate surface area is 87.8 Å². The quantitative estimate of drug-likeness (QED) is 0.503. The number of rotatable bonds is 9. The first-order valence-electron chi connectivity index (χ1n) is 5.58. The Morgan fingerprint density at radius 3 is 0.929 bits per heavy atom. The van der Waals surface area contributed by atoms with Crippen LogP contribution in [0.1, 0.15) is 51.4 Å². The van der Waals surface area contributed by atoms with Crippen LogP contribution in [0.25, 0.3) is 0 Å². The van der Waals surface area contributed by atoms with E-state index in [4.69, 9.17) is 15.3 Å². The summed E-state index contributed by atoms with van der Waals surface area (Å²) >= 11 is 0. The molecule has 0 atom stereocenters. The highest BCUT2D eigenvalue weighted by Gasteiger charge is 1.90. The van der Waals surface area contributed by atoms with Gasteiger partial charge in [0.2, 0.25) is 0 Å². The molecule has 0 unspecified atom stereocenters. The van der Waals surface area contributed by atoms with Gasteiger partial charge in [0, 0.05) is 20.3 Å². The summed E-state index contributed by atoms with van der Waals surface area (Å²) in [7, 11) is 1.00. The minimum Gasteiger partial charge on any atom is -0.400 e. The zero-order chi connectivity index (χ0) is 11.1. The summed E-state index contributed by atoms with van der Waals surface area (Å²) in [6.07, 6.45) is 9.30. The SMILES string of the molecule is CO.OCCCCCCCCCCO. The van der Waals surface area contributed by atoms with Crippen LogP contribution in [0.15, 0.2) is 0 Å². The lowest BCUT2D eigenvalue weighted by Gasteiger charge is -1.99. The smallest absolute Gasteiger partial charge is 0.0431 e. The van der Waals surface area contributed by atoms with Crippen molar-refractivity contribution in [2.45, 2.75) is 51.4 Å². The summed E-state index contributed by atoms with van der Waals surface area (Å²) in [5.41, 5.74) is 0. The molecular weight excluding hydrogens is 180 g/mol. The van der Waals surface area contributed by atoms with Gasteiger partial charge in [0.1, 0.15) is 0 Å². The highest BCUT2D eigenvalue weighted by molar-refractivity contribution is 4.45. The van der Waals surface area contributed by atoms with Crippen LogP contribution in [0.2, 0.25) is 0 Å². The van der Waals surface area contributed by atoms with Gasteiger partial charge in [-0.3, -0.25) is 0 Å². The number of hydrogen-bond donors (Lipinski definition) is 3. The first-order valence-corrected chi connectivity index (χ1v) is 5.58. The summed E-state index contributed by atoms with van der Waals surface area (Å²) in [6.45, 7) is 0.676. The number of aliphatic hydroxyl groups excluding tert-OH is 3. The Bertz CT molecular complexity index is 66.9. The van der Waals surface area contributed by atoms with E-state index in [2.05, 4.69) is 0 Å². The molecule has 0 heterocycles. The molecule has 3 heteroatoms. The van der Waals surface area contributed by atoms with Crippen molar-refractivity contribution in [3.63, 3.8) is 0 Å². The molecule has 0 aromatic rings. The van der Waals surface area contributed by atoms with Crippen molar-refractivity contribution in [2.24, 2.45) is 0 Å². The molecular formula is C11H26O3. The average Bonchev–Trinajstić information content (AvgIpc) is 2.25. The van der Waals surface area contributed by atoms with Crippen LogP contribution in [0, 0.1) is 0 Å². The first-order chi connectivity index (χ1) is 6.91. The zero-order valence-corrected chi connectivity index (χ0v) is 9.41. The van der Waals surface area contributed by atoms with Crippen molar-refractivity contribution in [3.05, 3.63) is 0 Å². The monoisotopic (exact) mass is 206 g/mol. The van der Waals surface area contributed by atoms with Crippen molar-refractivity contribution in [3.8, 4) is 0 Å². The normalized spacial score (nSPS) is 9.43. The topological polar surface area (TPSA) is 60.7 Å². The second kappa shape index (κ2) is 18.6. The molecule has 0 aliphatic carbocycles. The van der Waals surface area contributed by atoms with Gasteiger partial charge < -0.3 is 15.3 Å². The van der Waals surface area contributed by atoms with Gasteiger partial charge in [0.15, 0.2) is 0 Å². The molecule has 0 rings (SSSR count). The van der Waals surface area contributed by atoms with Gasteiger partial charge in [-0.15, -0.1) is 0 Å². The molecule has 0 bridgehead atoms. The predicted molar refractivity (Wildman–Crippen MR) is 59.3 cm³/mol. The van der Waals surface area contributed by atoms with Gasteiger partial charge in [0.05, 0.1) is 0 Å². The molecule has 0 radical (unpaired) electrons. The maximum Gasteiger partial charge on any atom is 0.0431 e. The molecule has 0 aromatic carbocycles. The number of hydrogen-bond acceptors (Lipinski definition) is 3. The number of aliphatic hydroxyl groups is 3. The van der Waals surface area contributed by atoms with Gasteiger partial charge in [-0.05, 0) is 12.8 Å². The lowest BCUT2D eigenvalue weighted by atomic mass is 10.1. The average molecular weight is 206 g/mol. The van der Waals surface area contributed by atoms with E-state index in [9.17, 15) is 0 Å². The summed E-state index contributed by atoms with van der Waals surface area (Å²) in [6, 6.07) is 0. The Morgan fingerprint density at radius 2 is 0.714 bits per heavy atom. The lowest BCUT2D eigenvalue weighted by molar-refractivity contribution is 0.279. The molecule has 0 spiro atoms. The molecule has 3 N–H and O–H groups in total. The fourth-order valence-corrected chi connectivity index (χ4v) is 1.28. The minimum absolute atomic E-state index is 0.338. The van der Waals surface area contributed by atoms with Gasteiger partial charge in [-0.25, -0.2) is 0 Å². The van der Waals surface area contributed by atoms with E-state index in [0.717, 1.165) is 32.8 Å². The Hall–Kier alpha value is -0.120. The van der Waals surface area contributed by atoms with Gasteiger partial charge in [-0.1, -0.05) is 38.5 Å². The fraction of sp³-hybridized carbons (Fsp3) is 1.00. The highest BCUT2D eigenvalue weighted by Crippen LogP contribution is 2.07. The first kappa shape index (κ1) is 16.3. The minimum atomic E-state index is 0.338. The maximum atomic E-state index is 8.51. The summed E-state index contributed by atoms with van der Waals surface area (Å²) in [5.74, 6) is 0. The van der Waals surface area contributed by atoms with Crippen LogP contribution in [-0.2, 0) is 0 Å². The molecule has 0 fully saturated rings. The van der Waals surface area contributed by atoms with Gasteiger partial charge in [0.25, 0.3) is 0 Å². The molecule has 0 amide bonds. The molecule has 14 heavy (non-hydrogen) atoms. The predicted octanol–water partition coefficient (Wildman–Crippen LogP) is 1.70. The fourth-order valence-electron chi connectivity index (χ4n) is 1.28. The molecule has 0 aliphatic rings. The van der Waals surface area contributed by atoms with Crippen molar-refractivity contribution in [1.82, 2.24) is 0 Å². The van der Waals surface area contributed by atoms with E-state index in [0.29, 0.717) is 13.2 Å². The third-order valence-corrected chi connectivity index (χ3v) is 2.07. The van der Waals surface area contributed by atoms with Crippen molar-refractivity contribution < 1.29 is 15.3 Å². The third-order valence-electron chi connectivity index (χ3n) is 2.07. The lowest BCUT2D eigenvalue weighted by Crippen LogP contribution is -1.85. The van der Waals surface area contributed by atoms with E-state index >= 15 is 0 Å². The Morgan fingerprint density at radius 1 is 0.500 bits per heavy atom. The molecule has 0 aliphatic heterocycles. The highest BCUT2D eigenvalue weighted by atomic mass is 16.3. The second-order valence-corrected chi connectivity index (χ2v) is 3.28. The van der Waals surface area contributed by atoms with E-state index in [1.54, 1.807) is 0 Å². The van der Waals surface area contributed by atoms with Crippen molar-refractivity contribution in [2.75, 3.05) is 20.3 Å². The largest absolute Gasteiger partial charge is 0.400 e. The van der Waals surface area contributed by atoms with Crippen LogP contribution in [-0.4, -0.2) is 35.6 Å².